The van der Waals surface area contributed by atoms with Crippen molar-refractivity contribution in [3.05, 3.63) is 44.9 Å². The molecule has 146 valence electrons. The lowest BCUT2D eigenvalue weighted by Gasteiger charge is -2.13. The average Bonchev–Trinajstić information content (AvgIpc) is 3.32. The number of methoxy groups -OCH3 is 1. The number of hydrogen-bond donors (Lipinski definition) is 1. The van der Waals surface area contributed by atoms with Crippen molar-refractivity contribution >= 4 is 39.8 Å². The molecule has 2 aliphatic rings. The van der Waals surface area contributed by atoms with Gasteiger partial charge in [0, 0.05) is 21.6 Å². The molecule has 2 aromatic rings. The van der Waals surface area contributed by atoms with Crippen LogP contribution in [0.25, 0.3) is 11.3 Å². The molecule has 28 heavy (non-hydrogen) atoms. The molecule has 2 aliphatic carbocycles. The van der Waals surface area contributed by atoms with Crippen LogP contribution in [-0.4, -0.2) is 24.0 Å². The summed E-state index contributed by atoms with van der Waals surface area (Å²) in [6.07, 6.45) is 6.23. The van der Waals surface area contributed by atoms with Gasteiger partial charge in [0.1, 0.15) is 10.2 Å². The van der Waals surface area contributed by atoms with E-state index in [0.29, 0.717) is 29.1 Å². The minimum Gasteiger partial charge on any atom is -0.466 e. The second kappa shape index (κ2) is 8.05. The predicted octanol–water partition coefficient (Wildman–Crippen LogP) is 4.93. The highest BCUT2D eigenvalue weighted by molar-refractivity contribution is 7.17. The minimum atomic E-state index is -0.412. The third-order valence-electron chi connectivity index (χ3n) is 5.29. The minimum absolute atomic E-state index is 0.222. The molecule has 2 heterocycles. The average molecular weight is 417 g/mol. The summed E-state index contributed by atoms with van der Waals surface area (Å²) in [5.41, 5.74) is 4.02. The molecule has 0 fully saturated rings. The van der Waals surface area contributed by atoms with Gasteiger partial charge in [0.2, 0.25) is 0 Å². The first kappa shape index (κ1) is 19.2. The molecule has 0 saturated heterocycles. The highest BCUT2D eigenvalue weighted by Gasteiger charge is 2.29. The van der Waals surface area contributed by atoms with Crippen LogP contribution < -0.4 is 5.32 Å². The van der Waals surface area contributed by atoms with Crippen LogP contribution in [0.5, 0.6) is 0 Å². The van der Waals surface area contributed by atoms with Gasteiger partial charge in [-0.3, -0.25) is 4.79 Å². The number of rotatable bonds is 4. The zero-order valence-electron chi connectivity index (χ0n) is 15.6. The number of hydrogen-bond acceptors (Lipinski definition) is 5. The van der Waals surface area contributed by atoms with Gasteiger partial charge < -0.3 is 10.1 Å². The van der Waals surface area contributed by atoms with Gasteiger partial charge in [0.25, 0.3) is 5.91 Å². The van der Waals surface area contributed by atoms with E-state index >= 15 is 0 Å². The number of nitrogens with one attached hydrogen (secondary N) is 1. The van der Waals surface area contributed by atoms with Gasteiger partial charge in [-0.15, -0.1) is 11.3 Å². The molecule has 0 saturated carbocycles. The number of ether oxygens (including phenoxy) is 1. The monoisotopic (exact) mass is 416 g/mol. The molecule has 0 spiro atoms. The second-order valence-corrected chi connectivity index (χ2v) is 8.51. The Labute approximate surface area is 172 Å². The maximum atomic E-state index is 13.0. The van der Waals surface area contributed by atoms with E-state index in [4.69, 9.17) is 16.3 Å². The smallest absolute Gasteiger partial charge is 0.334 e. The molecule has 7 heteroatoms. The van der Waals surface area contributed by atoms with E-state index in [1.807, 2.05) is 12.1 Å². The van der Waals surface area contributed by atoms with E-state index in [1.54, 1.807) is 17.4 Å². The van der Waals surface area contributed by atoms with Gasteiger partial charge in [-0.05, 0) is 62.6 Å². The largest absolute Gasteiger partial charge is 0.466 e. The fourth-order valence-electron chi connectivity index (χ4n) is 3.99. The lowest BCUT2D eigenvalue weighted by molar-refractivity contribution is -0.136. The molecule has 4 rings (SSSR count). The Kier molecular flexibility index (Phi) is 5.51. The Bertz CT molecular complexity index is 980. The normalized spacial score (nSPS) is 16.1. The number of thiophene rings is 1. The molecular formula is C21H21ClN2O3S. The number of halogens is 1. The standard InChI is InChI=1S/C21H21ClN2O3S/c1-27-21(26)13-8-4-7-12(13)19(25)24-20-18(15-9-5-11-17(22)23-15)14-6-2-3-10-16(14)28-20/h5,9,11H,2-4,6-8,10H2,1H3,(H,24,25). The number of amides is 1. The van der Waals surface area contributed by atoms with Crippen LogP contribution in [0.1, 0.15) is 42.5 Å². The Morgan fingerprint density at radius 3 is 2.68 bits per heavy atom. The maximum Gasteiger partial charge on any atom is 0.334 e. The van der Waals surface area contributed by atoms with Gasteiger partial charge in [0.15, 0.2) is 0 Å². The van der Waals surface area contributed by atoms with Crippen LogP contribution in [0.3, 0.4) is 0 Å². The molecule has 0 unspecified atom stereocenters. The summed E-state index contributed by atoms with van der Waals surface area (Å²) in [6, 6.07) is 5.54. The Hall–Kier alpha value is -2.18. The van der Waals surface area contributed by atoms with Crippen molar-refractivity contribution in [2.45, 2.75) is 44.9 Å². The van der Waals surface area contributed by atoms with E-state index in [2.05, 4.69) is 10.3 Å². The highest BCUT2D eigenvalue weighted by atomic mass is 35.5. The van der Waals surface area contributed by atoms with Crippen LogP contribution in [0.4, 0.5) is 5.00 Å². The number of esters is 1. The number of aryl methyl sites for hydroxylation is 1. The maximum absolute atomic E-state index is 13.0. The summed E-state index contributed by atoms with van der Waals surface area (Å²) >= 11 is 7.73. The van der Waals surface area contributed by atoms with Crippen LogP contribution in [0, 0.1) is 0 Å². The van der Waals surface area contributed by atoms with Crippen molar-refractivity contribution in [2.24, 2.45) is 0 Å². The first-order valence-corrected chi connectivity index (χ1v) is 10.7. The van der Waals surface area contributed by atoms with Crippen molar-refractivity contribution in [3.8, 4) is 11.3 Å². The van der Waals surface area contributed by atoms with Crippen molar-refractivity contribution in [2.75, 3.05) is 12.4 Å². The third-order valence-corrected chi connectivity index (χ3v) is 6.71. The number of carbonyl (C=O) groups excluding carboxylic acids is 2. The Morgan fingerprint density at radius 1 is 1.11 bits per heavy atom. The summed E-state index contributed by atoms with van der Waals surface area (Å²) in [5.74, 6) is -0.635. The van der Waals surface area contributed by atoms with Crippen molar-refractivity contribution in [3.63, 3.8) is 0 Å². The summed E-state index contributed by atoms with van der Waals surface area (Å²) < 4.78 is 4.84. The lowest BCUT2D eigenvalue weighted by atomic mass is 9.94. The molecule has 0 aliphatic heterocycles. The topological polar surface area (TPSA) is 68.3 Å². The first-order chi connectivity index (χ1) is 13.6. The summed E-state index contributed by atoms with van der Waals surface area (Å²) in [4.78, 5) is 30.8. The quantitative estimate of drug-likeness (QED) is 0.566. The zero-order valence-corrected chi connectivity index (χ0v) is 17.2. The molecular weight excluding hydrogens is 396 g/mol. The number of pyridine rings is 1. The number of aromatic nitrogens is 1. The predicted molar refractivity (Wildman–Crippen MR) is 111 cm³/mol. The molecule has 1 N–H and O–H groups in total. The molecule has 1 amide bonds. The second-order valence-electron chi connectivity index (χ2n) is 7.02. The van der Waals surface area contributed by atoms with Gasteiger partial charge in [0.05, 0.1) is 12.8 Å². The van der Waals surface area contributed by atoms with E-state index in [9.17, 15) is 9.59 Å². The fraction of sp³-hybridized carbons (Fsp3) is 0.381. The van der Waals surface area contributed by atoms with E-state index in [-0.39, 0.29) is 5.91 Å². The van der Waals surface area contributed by atoms with E-state index in [0.717, 1.165) is 48.4 Å². The molecule has 0 atom stereocenters. The summed E-state index contributed by atoms with van der Waals surface area (Å²) in [5, 5.41) is 4.28. The van der Waals surface area contributed by atoms with Crippen LogP contribution >= 0.6 is 22.9 Å². The third kappa shape index (κ3) is 3.59. The zero-order chi connectivity index (χ0) is 19.7. The first-order valence-electron chi connectivity index (χ1n) is 9.47. The molecule has 0 bridgehead atoms. The number of nitrogens with zero attached hydrogens (tertiary/aromatic N) is 1. The molecule has 0 radical (unpaired) electrons. The van der Waals surface area contributed by atoms with Crippen molar-refractivity contribution in [1.29, 1.82) is 0 Å². The number of anilines is 1. The number of fused-ring (bicyclic) bond motifs is 1. The van der Waals surface area contributed by atoms with Crippen molar-refractivity contribution in [1.82, 2.24) is 4.98 Å². The van der Waals surface area contributed by atoms with E-state index < -0.39 is 5.97 Å². The van der Waals surface area contributed by atoms with Gasteiger partial charge in [-0.2, -0.15) is 0 Å². The summed E-state index contributed by atoms with van der Waals surface area (Å²) in [6.45, 7) is 0. The highest BCUT2D eigenvalue weighted by Crippen LogP contribution is 2.44. The van der Waals surface area contributed by atoms with Crippen LogP contribution in [-0.2, 0) is 27.2 Å². The molecule has 2 aromatic heterocycles. The molecule has 5 nitrogen and oxygen atoms in total. The van der Waals surface area contributed by atoms with Crippen LogP contribution in [0.2, 0.25) is 5.15 Å². The SMILES string of the molecule is COC(=O)C1=C(C(=O)Nc2sc3c(c2-c2cccc(Cl)n2)CCCC3)CCC1. The molecule has 0 aromatic carbocycles. The Morgan fingerprint density at radius 2 is 1.89 bits per heavy atom. The van der Waals surface area contributed by atoms with Gasteiger partial charge in [-0.25, -0.2) is 9.78 Å². The number of carbonyl (C=O) groups is 2. The van der Waals surface area contributed by atoms with Crippen molar-refractivity contribution < 1.29 is 14.3 Å². The lowest BCUT2D eigenvalue weighted by Crippen LogP contribution is -2.17. The van der Waals surface area contributed by atoms with Gasteiger partial charge >= 0.3 is 5.97 Å². The fourth-order valence-corrected chi connectivity index (χ4v) is 5.45. The van der Waals surface area contributed by atoms with Crippen LogP contribution in [0.15, 0.2) is 29.3 Å². The Balaban J connectivity index is 1.73. The summed E-state index contributed by atoms with van der Waals surface area (Å²) in [7, 11) is 1.35. The van der Waals surface area contributed by atoms with Gasteiger partial charge in [-0.1, -0.05) is 17.7 Å². The van der Waals surface area contributed by atoms with E-state index in [1.165, 1.54) is 17.6 Å².